The number of rotatable bonds is 8. The summed E-state index contributed by atoms with van der Waals surface area (Å²) < 4.78 is 4.77. The average molecular weight is 868 g/mol. The standard InChI is InChI=1S/C63H41N5/c1-6-19-42(20-7-1)45-25-18-26-48(37-45)62-64-61(44-23-10-3-11-24-44)65-63(66-62)49-40-53(60-52-31-16-17-32-56(52)68(59(60)41-49)51-29-14-5-15-30-51)47-34-36-58-55(39-47)54-38-46(43-21-8-2-9-22-43)33-35-57(54)67(58)50-27-12-4-13-28-50/h1-41H. The Morgan fingerprint density at radius 2 is 0.662 bits per heavy atom. The molecule has 3 aromatic heterocycles. The van der Waals surface area contributed by atoms with E-state index in [-0.39, 0.29) is 0 Å². The van der Waals surface area contributed by atoms with Crippen LogP contribution in [0.15, 0.2) is 249 Å². The Kier molecular flexibility index (Phi) is 9.43. The third-order valence-electron chi connectivity index (χ3n) is 13.1. The van der Waals surface area contributed by atoms with Gasteiger partial charge in [0.2, 0.25) is 0 Å². The number of nitrogens with zero attached hydrogens (tertiary/aromatic N) is 5. The van der Waals surface area contributed by atoms with Gasteiger partial charge >= 0.3 is 0 Å². The van der Waals surface area contributed by atoms with Gasteiger partial charge in [-0.15, -0.1) is 0 Å². The summed E-state index contributed by atoms with van der Waals surface area (Å²) in [6, 6.07) is 88.3. The van der Waals surface area contributed by atoms with E-state index in [1.54, 1.807) is 0 Å². The number of hydrogen-bond acceptors (Lipinski definition) is 3. The van der Waals surface area contributed by atoms with Gasteiger partial charge in [-0.1, -0.05) is 176 Å². The Labute approximate surface area is 393 Å². The monoisotopic (exact) mass is 867 g/mol. The minimum Gasteiger partial charge on any atom is -0.309 e. The molecule has 0 fully saturated rings. The zero-order valence-corrected chi connectivity index (χ0v) is 36.9. The molecule has 68 heavy (non-hydrogen) atoms. The van der Waals surface area contributed by atoms with E-state index >= 15 is 0 Å². The van der Waals surface area contributed by atoms with Gasteiger partial charge in [0, 0.05) is 49.6 Å². The van der Waals surface area contributed by atoms with Crippen LogP contribution in [0.4, 0.5) is 0 Å². The fraction of sp³-hybridized carbons (Fsp3) is 0. The highest BCUT2D eigenvalue weighted by Crippen LogP contribution is 2.44. The van der Waals surface area contributed by atoms with Crippen molar-refractivity contribution in [3.8, 4) is 78.9 Å². The van der Waals surface area contributed by atoms with Crippen LogP contribution in [-0.2, 0) is 0 Å². The molecule has 0 N–H and O–H groups in total. The van der Waals surface area contributed by atoms with E-state index in [1.165, 1.54) is 27.3 Å². The molecule has 0 amide bonds. The second-order valence-electron chi connectivity index (χ2n) is 17.2. The number of fused-ring (bicyclic) bond motifs is 6. The van der Waals surface area contributed by atoms with E-state index in [0.29, 0.717) is 17.5 Å². The molecule has 3 heterocycles. The minimum absolute atomic E-state index is 0.598. The molecule has 0 bridgehead atoms. The van der Waals surface area contributed by atoms with E-state index in [9.17, 15) is 0 Å². The summed E-state index contributed by atoms with van der Waals surface area (Å²) in [5, 5.41) is 4.71. The maximum absolute atomic E-state index is 5.36. The summed E-state index contributed by atoms with van der Waals surface area (Å²) in [7, 11) is 0. The summed E-state index contributed by atoms with van der Waals surface area (Å²) in [6.07, 6.45) is 0. The van der Waals surface area contributed by atoms with Crippen LogP contribution in [0.1, 0.15) is 0 Å². The lowest BCUT2D eigenvalue weighted by molar-refractivity contribution is 1.07. The molecule has 13 rings (SSSR count). The Hall–Kier alpha value is -9.19. The van der Waals surface area contributed by atoms with Crippen LogP contribution >= 0.6 is 0 Å². The van der Waals surface area contributed by atoms with E-state index in [0.717, 1.165) is 77.8 Å². The molecule has 0 radical (unpaired) electrons. The lowest BCUT2D eigenvalue weighted by atomic mass is 9.95. The van der Waals surface area contributed by atoms with E-state index < -0.39 is 0 Å². The first-order chi connectivity index (χ1) is 33.7. The molecule has 0 atom stereocenters. The summed E-state index contributed by atoms with van der Waals surface area (Å²) in [6.45, 7) is 0. The molecule has 318 valence electrons. The van der Waals surface area contributed by atoms with Crippen LogP contribution in [-0.4, -0.2) is 24.1 Å². The molecular weight excluding hydrogens is 827 g/mol. The zero-order valence-electron chi connectivity index (χ0n) is 36.9. The van der Waals surface area contributed by atoms with Crippen molar-refractivity contribution in [2.24, 2.45) is 0 Å². The van der Waals surface area contributed by atoms with Crippen LogP contribution in [0.2, 0.25) is 0 Å². The van der Waals surface area contributed by atoms with Crippen molar-refractivity contribution in [1.82, 2.24) is 24.1 Å². The highest BCUT2D eigenvalue weighted by Gasteiger charge is 2.22. The van der Waals surface area contributed by atoms with Crippen LogP contribution in [0, 0.1) is 0 Å². The van der Waals surface area contributed by atoms with Gasteiger partial charge in [-0.3, -0.25) is 0 Å². The van der Waals surface area contributed by atoms with Crippen molar-refractivity contribution in [2.45, 2.75) is 0 Å². The van der Waals surface area contributed by atoms with Crippen LogP contribution in [0.5, 0.6) is 0 Å². The molecule has 5 heteroatoms. The predicted molar refractivity (Wildman–Crippen MR) is 281 cm³/mol. The van der Waals surface area contributed by atoms with E-state index in [1.807, 2.05) is 24.3 Å². The Morgan fingerprint density at radius 1 is 0.235 bits per heavy atom. The van der Waals surface area contributed by atoms with E-state index in [2.05, 4.69) is 234 Å². The topological polar surface area (TPSA) is 48.5 Å². The fourth-order valence-electron chi connectivity index (χ4n) is 9.98. The molecule has 5 nitrogen and oxygen atoms in total. The number of aromatic nitrogens is 5. The van der Waals surface area contributed by atoms with Gasteiger partial charge in [-0.05, 0) is 106 Å². The van der Waals surface area contributed by atoms with Crippen molar-refractivity contribution in [3.05, 3.63) is 249 Å². The molecule has 10 aromatic carbocycles. The fourth-order valence-corrected chi connectivity index (χ4v) is 9.98. The highest BCUT2D eigenvalue weighted by atomic mass is 15.0. The third-order valence-corrected chi connectivity index (χ3v) is 13.1. The molecule has 0 aliphatic heterocycles. The summed E-state index contributed by atoms with van der Waals surface area (Å²) in [5.41, 5.74) is 16.2. The highest BCUT2D eigenvalue weighted by molar-refractivity contribution is 6.18. The number of para-hydroxylation sites is 3. The lowest BCUT2D eigenvalue weighted by Gasteiger charge is -2.14. The van der Waals surface area contributed by atoms with Crippen LogP contribution < -0.4 is 0 Å². The smallest absolute Gasteiger partial charge is 0.164 e. The van der Waals surface area contributed by atoms with Crippen molar-refractivity contribution in [1.29, 1.82) is 0 Å². The molecule has 0 spiro atoms. The van der Waals surface area contributed by atoms with Gasteiger partial charge in [-0.2, -0.15) is 0 Å². The van der Waals surface area contributed by atoms with Crippen molar-refractivity contribution in [3.63, 3.8) is 0 Å². The number of hydrogen-bond donors (Lipinski definition) is 0. The molecule has 0 aliphatic carbocycles. The van der Waals surface area contributed by atoms with E-state index in [4.69, 9.17) is 15.0 Å². The van der Waals surface area contributed by atoms with Gasteiger partial charge in [0.1, 0.15) is 0 Å². The van der Waals surface area contributed by atoms with Gasteiger partial charge < -0.3 is 9.13 Å². The molecule has 0 aliphatic rings. The molecule has 0 unspecified atom stereocenters. The maximum Gasteiger partial charge on any atom is 0.164 e. The Bertz CT molecular complexity index is 3990. The minimum atomic E-state index is 0.598. The lowest BCUT2D eigenvalue weighted by Crippen LogP contribution is -2.01. The SMILES string of the molecule is c1ccc(-c2cccc(-c3nc(-c4ccccc4)nc(-c4cc(-c5ccc6c(c5)c5cc(-c7ccccc7)ccc5n6-c5ccccc5)c5c6ccccc6n(-c6ccccc6)c5c4)n3)c2)cc1. The Morgan fingerprint density at radius 3 is 1.28 bits per heavy atom. The summed E-state index contributed by atoms with van der Waals surface area (Å²) >= 11 is 0. The quantitative estimate of drug-likeness (QED) is 0.153. The summed E-state index contributed by atoms with van der Waals surface area (Å²) in [4.78, 5) is 15.8. The van der Waals surface area contributed by atoms with Crippen molar-refractivity contribution < 1.29 is 0 Å². The average Bonchev–Trinajstić information content (AvgIpc) is 3.94. The zero-order chi connectivity index (χ0) is 45.0. The van der Waals surface area contributed by atoms with Crippen LogP contribution in [0.3, 0.4) is 0 Å². The summed E-state index contributed by atoms with van der Waals surface area (Å²) in [5.74, 6) is 1.83. The van der Waals surface area contributed by atoms with Crippen molar-refractivity contribution >= 4 is 43.6 Å². The van der Waals surface area contributed by atoms with Gasteiger partial charge in [0.05, 0.1) is 22.1 Å². The second-order valence-corrected chi connectivity index (χ2v) is 17.2. The largest absolute Gasteiger partial charge is 0.309 e. The molecular formula is C63H41N5. The van der Waals surface area contributed by atoms with Crippen molar-refractivity contribution in [2.75, 3.05) is 0 Å². The molecule has 13 aromatic rings. The Balaban J connectivity index is 1.10. The first-order valence-electron chi connectivity index (χ1n) is 23.0. The number of benzene rings is 10. The van der Waals surface area contributed by atoms with Gasteiger partial charge in [0.25, 0.3) is 0 Å². The normalized spacial score (nSPS) is 11.5. The maximum atomic E-state index is 5.36. The second kappa shape index (κ2) is 16.4. The predicted octanol–water partition coefficient (Wildman–Crippen LogP) is 16.1. The van der Waals surface area contributed by atoms with Gasteiger partial charge in [0.15, 0.2) is 17.5 Å². The molecule has 0 saturated carbocycles. The van der Waals surface area contributed by atoms with Gasteiger partial charge in [-0.25, -0.2) is 15.0 Å². The first kappa shape index (κ1) is 39.2. The molecule has 0 saturated heterocycles. The first-order valence-corrected chi connectivity index (χ1v) is 23.0. The van der Waals surface area contributed by atoms with Crippen LogP contribution in [0.25, 0.3) is 123 Å². The third kappa shape index (κ3) is 6.76.